The van der Waals surface area contributed by atoms with Crippen molar-refractivity contribution in [1.82, 2.24) is 0 Å². The maximum atomic E-state index is 13.5. The summed E-state index contributed by atoms with van der Waals surface area (Å²) in [5.74, 6) is 1.93. The van der Waals surface area contributed by atoms with Gasteiger partial charge < -0.3 is 14.8 Å². The molecule has 4 aromatic carbocycles. The molecular formula is C34H30FIN2O2. The van der Waals surface area contributed by atoms with Gasteiger partial charge in [0.25, 0.3) is 0 Å². The van der Waals surface area contributed by atoms with Crippen LogP contribution in [0, 0.1) is 22.2 Å². The van der Waals surface area contributed by atoms with E-state index in [1.807, 2.05) is 24.4 Å². The highest BCUT2D eigenvalue weighted by Gasteiger charge is 2.37. The van der Waals surface area contributed by atoms with E-state index in [2.05, 4.69) is 89.4 Å². The van der Waals surface area contributed by atoms with E-state index in [9.17, 15) is 4.39 Å². The Kier molecular flexibility index (Phi) is 7.61. The van der Waals surface area contributed by atoms with Gasteiger partial charge in [0.1, 0.15) is 12.4 Å². The lowest BCUT2D eigenvalue weighted by Gasteiger charge is -2.37. The lowest BCUT2D eigenvalue weighted by molar-refractivity contribution is 0.282. The van der Waals surface area contributed by atoms with Gasteiger partial charge in [0.05, 0.1) is 22.4 Å². The second-order valence-electron chi connectivity index (χ2n) is 10.4. The van der Waals surface area contributed by atoms with Crippen molar-refractivity contribution in [2.24, 2.45) is 10.9 Å². The molecule has 6 heteroatoms. The molecule has 4 aromatic rings. The van der Waals surface area contributed by atoms with Crippen LogP contribution in [0.3, 0.4) is 0 Å². The first kappa shape index (κ1) is 26.6. The minimum atomic E-state index is -0.280. The number of halogens is 2. The zero-order valence-electron chi connectivity index (χ0n) is 22.4. The predicted molar refractivity (Wildman–Crippen MR) is 168 cm³/mol. The van der Waals surface area contributed by atoms with E-state index in [0.717, 1.165) is 26.8 Å². The van der Waals surface area contributed by atoms with Crippen molar-refractivity contribution in [1.29, 1.82) is 0 Å². The Hall–Kier alpha value is -3.65. The van der Waals surface area contributed by atoms with Crippen LogP contribution in [0.2, 0.25) is 0 Å². The van der Waals surface area contributed by atoms with Gasteiger partial charge in [-0.1, -0.05) is 54.1 Å². The molecule has 0 aromatic heterocycles. The first-order chi connectivity index (χ1) is 19.5. The van der Waals surface area contributed by atoms with Crippen LogP contribution in [0.15, 0.2) is 96.0 Å². The molecule has 6 rings (SSSR count). The lowest BCUT2D eigenvalue weighted by Crippen LogP contribution is -2.29. The first-order valence-corrected chi connectivity index (χ1v) is 14.5. The van der Waals surface area contributed by atoms with Gasteiger partial charge >= 0.3 is 0 Å². The number of fused-ring (bicyclic) bond motifs is 3. The molecular weight excluding hydrogens is 614 g/mol. The van der Waals surface area contributed by atoms with E-state index in [-0.39, 0.29) is 18.5 Å². The highest BCUT2D eigenvalue weighted by atomic mass is 127. The summed E-state index contributed by atoms with van der Waals surface area (Å²) in [6.07, 6.45) is 7.62. The van der Waals surface area contributed by atoms with Gasteiger partial charge in [-0.05, 0) is 107 Å². The molecule has 0 fully saturated rings. The molecule has 0 amide bonds. The topological polar surface area (TPSA) is 42.8 Å². The number of ether oxygens (including phenoxy) is 2. The van der Waals surface area contributed by atoms with Gasteiger partial charge in [-0.3, -0.25) is 4.99 Å². The molecule has 1 N–H and O–H groups in total. The van der Waals surface area contributed by atoms with Gasteiger partial charge in [0.15, 0.2) is 11.5 Å². The number of allylic oxidation sites excluding steroid dienone is 2. The summed E-state index contributed by atoms with van der Waals surface area (Å²) in [6, 6.07) is 25.8. The van der Waals surface area contributed by atoms with Crippen molar-refractivity contribution in [2.75, 3.05) is 12.4 Å². The summed E-state index contributed by atoms with van der Waals surface area (Å²) in [4.78, 5) is 4.73. The Morgan fingerprint density at radius 3 is 2.70 bits per heavy atom. The molecule has 2 aliphatic rings. The third-order valence-corrected chi connectivity index (χ3v) is 8.46. The summed E-state index contributed by atoms with van der Waals surface area (Å²) >= 11 is 2.23. The van der Waals surface area contributed by atoms with E-state index in [1.165, 1.54) is 34.5 Å². The van der Waals surface area contributed by atoms with Crippen molar-refractivity contribution in [3.8, 4) is 11.5 Å². The van der Waals surface area contributed by atoms with Crippen LogP contribution < -0.4 is 14.8 Å². The van der Waals surface area contributed by atoms with Crippen LogP contribution >= 0.6 is 22.6 Å². The third-order valence-electron chi connectivity index (χ3n) is 7.66. The Morgan fingerprint density at radius 2 is 1.90 bits per heavy atom. The van der Waals surface area contributed by atoms with Gasteiger partial charge in [-0.25, -0.2) is 4.39 Å². The molecule has 4 nitrogen and oxygen atoms in total. The number of rotatable bonds is 7. The van der Waals surface area contributed by atoms with Crippen molar-refractivity contribution in [3.05, 3.63) is 128 Å². The van der Waals surface area contributed by atoms with Crippen LogP contribution in [0.5, 0.6) is 11.5 Å². The predicted octanol–water partition coefficient (Wildman–Crippen LogP) is 8.90. The van der Waals surface area contributed by atoms with E-state index in [0.29, 0.717) is 23.3 Å². The minimum absolute atomic E-state index is 0.253. The van der Waals surface area contributed by atoms with Crippen LogP contribution in [0.25, 0.3) is 0 Å². The Balaban J connectivity index is 1.17. The molecule has 0 unspecified atom stereocenters. The van der Waals surface area contributed by atoms with Crippen LogP contribution in [0.4, 0.5) is 15.8 Å². The highest BCUT2D eigenvalue weighted by Crippen LogP contribution is 2.50. The normalized spacial score (nSPS) is 19.2. The second kappa shape index (κ2) is 11.5. The molecule has 40 heavy (non-hydrogen) atoms. The number of benzene rings is 4. The first-order valence-electron chi connectivity index (χ1n) is 13.4. The molecule has 0 saturated carbocycles. The fourth-order valence-electron chi connectivity index (χ4n) is 5.70. The van der Waals surface area contributed by atoms with E-state index < -0.39 is 0 Å². The van der Waals surface area contributed by atoms with Gasteiger partial charge in [0.2, 0.25) is 0 Å². The SMILES string of the molecule is COc1cc(C=Nc2ccc([C@@H]3Nc4ccc(C)cc4[C@@H]4C=CC[C@@H]43)cc2)cc(I)c1OCc1cccc(F)c1. The average Bonchev–Trinajstić information content (AvgIpc) is 3.46. The van der Waals surface area contributed by atoms with Crippen molar-refractivity contribution < 1.29 is 13.9 Å². The Labute approximate surface area is 248 Å². The summed E-state index contributed by atoms with van der Waals surface area (Å²) in [5, 5.41) is 3.81. The summed E-state index contributed by atoms with van der Waals surface area (Å²) in [7, 11) is 1.61. The number of hydrogen-bond acceptors (Lipinski definition) is 4. The molecule has 1 aliphatic carbocycles. The van der Waals surface area contributed by atoms with Crippen molar-refractivity contribution in [2.45, 2.75) is 31.9 Å². The zero-order valence-corrected chi connectivity index (χ0v) is 24.6. The van der Waals surface area contributed by atoms with Crippen LogP contribution in [0.1, 0.15) is 46.2 Å². The largest absolute Gasteiger partial charge is 0.493 e. The summed E-state index contributed by atoms with van der Waals surface area (Å²) < 4.78 is 26.0. The van der Waals surface area contributed by atoms with Gasteiger partial charge in [-0.15, -0.1) is 0 Å². The van der Waals surface area contributed by atoms with E-state index in [4.69, 9.17) is 14.5 Å². The number of methoxy groups -OCH3 is 1. The van der Waals surface area contributed by atoms with Crippen molar-refractivity contribution in [3.63, 3.8) is 0 Å². The Bertz CT molecular complexity index is 1600. The van der Waals surface area contributed by atoms with Crippen molar-refractivity contribution >= 4 is 40.2 Å². The van der Waals surface area contributed by atoms with Gasteiger partial charge in [-0.2, -0.15) is 0 Å². The summed E-state index contributed by atoms with van der Waals surface area (Å²) in [5.41, 5.74) is 7.78. The monoisotopic (exact) mass is 644 g/mol. The molecule has 3 atom stereocenters. The number of nitrogens with one attached hydrogen (secondary N) is 1. The smallest absolute Gasteiger partial charge is 0.174 e. The van der Waals surface area contributed by atoms with E-state index >= 15 is 0 Å². The average molecular weight is 645 g/mol. The Morgan fingerprint density at radius 1 is 1.05 bits per heavy atom. The summed E-state index contributed by atoms with van der Waals surface area (Å²) in [6.45, 7) is 2.41. The van der Waals surface area contributed by atoms with E-state index in [1.54, 1.807) is 13.2 Å². The number of aliphatic imine (C=N–C) groups is 1. The maximum Gasteiger partial charge on any atom is 0.174 e. The maximum absolute atomic E-state index is 13.5. The molecule has 1 heterocycles. The third kappa shape index (κ3) is 5.50. The molecule has 0 bridgehead atoms. The molecule has 0 saturated heterocycles. The quantitative estimate of drug-likeness (QED) is 0.124. The number of anilines is 1. The fraction of sp³-hybridized carbons (Fsp3) is 0.206. The van der Waals surface area contributed by atoms with Crippen LogP contribution in [-0.4, -0.2) is 13.3 Å². The zero-order chi connectivity index (χ0) is 27.6. The second-order valence-corrected chi connectivity index (χ2v) is 11.5. The minimum Gasteiger partial charge on any atom is -0.493 e. The number of nitrogens with zero attached hydrogens (tertiary/aromatic N) is 1. The molecule has 0 radical (unpaired) electrons. The van der Waals surface area contributed by atoms with Gasteiger partial charge in [0, 0.05) is 17.8 Å². The lowest BCUT2D eigenvalue weighted by atomic mass is 9.76. The fourth-order valence-corrected chi connectivity index (χ4v) is 6.48. The molecule has 202 valence electrons. The van der Waals surface area contributed by atoms with Crippen LogP contribution in [-0.2, 0) is 6.61 Å². The highest BCUT2D eigenvalue weighted by molar-refractivity contribution is 14.1. The standard InChI is InChI=1S/C34H30FIN2O2/c1-21-9-14-31-29(15-21)27-7-4-8-28(27)33(38-31)24-10-12-26(13-11-24)37-19-23-17-30(36)34(32(18-23)39-2)40-20-22-5-3-6-25(35)16-22/h3-7,9-19,27-28,33,38H,8,20H2,1-2H3/t27-,28+,33+/m1/s1. The number of aryl methyl sites for hydroxylation is 1. The number of hydrogen-bond donors (Lipinski definition) is 1. The molecule has 1 aliphatic heterocycles. The molecule has 0 spiro atoms.